The van der Waals surface area contributed by atoms with E-state index in [1.165, 1.54) is 0 Å². The van der Waals surface area contributed by atoms with E-state index >= 15 is 0 Å². The maximum atomic E-state index is 12.8. The highest BCUT2D eigenvalue weighted by Gasteiger charge is 2.33. The number of hydrogen-bond acceptors (Lipinski definition) is 10. The maximum absolute atomic E-state index is 12.8. The lowest BCUT2D eigenvalue weighted by atomic mass is 9.92. The Hall–Kier alpha value is -5.34. The van der Waals surface area contributed by atoms with Crippen LogP contribution in [-0.2, 0) is 19.1 Å². The molecule has 278 valence electrons. The van der Waals surface area contributed by atoms with Crippen molar-refractivity contribution in [2.24, 2.45) is 35.1 Å². The maximum Gasteiger partial charge on any atom is 0.412 e. The number of amides is 2. The van der Waals surface area contributed by atoms with Crippen LogP contribution in [0.1, 0.15) is 79.1 Å². The molecule has 14 nitrogen and oxygen atoms in total. The summed E-state index contributed by atoms with van der Waals surface area (Å²) in [4.78, 5) is 64.9. The molecule has 0 bridgehead atoms. The molecule has 0 saturated heterocycles. The monoisotopic (exact) mass is 714 g/mol. The number of rotatable bonds is 15. The van der Waals surface area contributed by atoms with Crippen LogP contribution in [0.5, 0.6) is 0 Å². The number of carbonyl (C=O) groups excluding carboxylic acids is 4. The average Bonchev–Trinajstić information content (AvgIpc) is 3.75. The van der Waals surface area contributed by atoms with Gasteiger partial charge in [-0.3, -0.25) is 10.6 Å². The first-order valence-corrected chi connectivity index (χ1v) is 17.4. The predicted octanol–water partition coefficient (Wildman–Crippen LogP) is 6.00. The highest BCUT2D eigenvalue weighted by Crippen LogP contribution is 2.40. The van der Waals surface area contributed by atoms with Crippen LogP contribution in [0.3, 0.4) is 0 Å². The second-order valence-electron chi connectivity index (χ2n) is 14.2. The van der Waals surface area contributed by atoms with Gasteiger partial charge < -0.3 is 30.9 Å². The van der Waals surface area contributed by atoms with Gasteiger partial charge in [-0.15, -0.1) is 0 Å². The van der Waals surface area contributed by atoms with E-state index in [9.17, 15) is 19.2 Å². The van der Waals surface area contributed by atoms with Crippen molar-refractivity contribution in [2.45, 2.75) is 79.6 Å². The summed E-state index contributed by atoms with van der Waals surface area (Å²) in [5.74, 6) is -0.782. The minimum atomic E-state index is -1.16. The van der Waals surface area contributed by atoms with E-state index in [0.29, 0.717) is 11.6 Å². The predicted molar refractivity (Wildman–Crippen MR) is 197 cm³/mol. The number of H-pyrrole nitrogens is 2. The summed E-state index contributed by atoms with van der Waals surface area (Å²) in [6.07, 6.45) is 1.19. The largest absolute Gasteiger partial charge is 0.412 e. The molecular weight excluding hydrogens is 664 g/mol. The van der Waals surface area contributed by atoms with Gasteiger partial charge in [-0.25, -0.2) is 29.1 Å². The fourth-order valence-electron chi connectivity index (χ4n) is 6.13. The number of nitrogens with two attached hydrogens (primary N) is 2. The summed E-state index contributed by atoms with van der Waals surface area (Å²) in [7, 11) is 0. The zero-order valence-electron chi connectivity index (χ0n) is 30.9. The highest BCUT2D eigenvalue weighted by molar-refractivity contribution is 5.92. The van der Waals surface area contributed by atoms with Crippen LogP contribution in [-0.4, -0.2) is 56.1 Å². The molecule has 2 aromatic carbocycles. The molecule has 2 heterocycles. The van der Waals surface area contributed by atoms with Crippen molar-refractivity contribution in [3.63, 3.8) is 0 Å². The molecule has 0 aliphatic carbocycles. The lowest BCUT2D eigenvalue weighted by Gasteiger charge is -2.28. The first kappa shape index (κ1) is 39.4. The highest BCUT2D eigenvalue weighted by atomic mass is 16.6. The lowest BCUT2D eigenvalue weighted by Crippen LogP contribution is -2.46. The van der Waals surface area contributed by atoms with Crippen molar-refractivity contribution in [2.75, 3.05) is 0 Å². The Bertz CT molecular complexity index is 1850. The van der Waals surface area contributed by atoms with E-state index < -0.39 is 48.3 Å². The number of ether oxygens (including phenoxy) is 2. The van der Waals surface area contributed by atoms with Crippen LogP contribution in [0.2, 0.25) is 0 Å². The number of nitrogens with zero attached hydrogens (tertiary/aromatic N) is 2. The van der Waals surface area contributed by atoms with E-state index in [-0.39, 0.29) is 23.7 Å². The summed E-state index contributed by atoms with van der Waals surface area (Å²) < 4.78 is 9.47. The van der Waals surface area contributed by atoms with Gasteiger partial charge >= 0.3 is 24.1 Å². The molecule has 0 saturated carbocycles. The summed E-state index contributed by atoms with van der Waals surface area (Å²) >= 11 is 0. The Kier molecular flexibility index (Phi) is 13.1. The van der Waals surface area contributed by atoms with Crippen molar-refractivity contribution < 1.29 is 28.7 Å². The van der Waals surface area contributed by atoms with Gasteiger partial charge in [0.15, 0.2) is 0 Å². The summed E-state index contributed by atoms with van der Waals surface area (Å²) in [5, 5.41) is 6.67. The van der Waals surface area contributed by atoms with Gasteiger partial charge in [0.2, 0.25) is 0 Å². The molecule has 0 aliphatic rings. The number of nitrogens with one attached hydrogen (secondary N) is 4. The van der Waals surface area contributed by atoms with Gasteiger partial charge in [0, 0.05) is 11.1 Å². The first-order chi connectivity index (χ1) is 24.6. The number of aromatic amines is 2. The third kappa shape index (κ3) is 9.50. The minimum absolute atomic E-state index is 0.0118. The molecule has 8 N–H and O–H groups in total. The number of carbonyl (C=O) groups is 4. The Morgan fingerprint density at radius 3 is 1.48 bits per heavy atom. The van der Waals surface area contributed by atoms with Gasteiger partial charge in [0.25, 0.3) is 0 Å². The molecular formula is C38H50N8O6. The smallest absolute Gasteiger partial charge is 0.375 e. The molecule has 2 amide bonds. The molecule has 4 aromatic rings. The topological polar surface area (TPSA) is 220 Å². The van der Waals surface area contributed by atoms with Gasteiger partial charge in [0.05, 0.1) is 35.9 Å². The molecule has 52 heavy (non-hydrogen) atoms. The Balaban J connectivity index is 1.80. The number of hydrogen-bond donors (Lipinski definition) is 6. The molecule has 0 fully saturated rings. The Labute approximate surface area is 303 Å². The molecule has 0 unspecified atom stereocenters. The second kappa shape index (κ2) is 17.2. The molecule has 4 atom stereocenters. The number of aromatic nitrogens is 4. The van der Waals surface area contributed by atoms with Crippen molar-refractivity contribution in [1.82, 2.24) is 30.6 Å². The average molecular weight is 715 g/mol. The number of benzene rings is 2. The van der Waals surface area contributed by atoms with E-state index in [2.05, 4.69) is 20.6 Å². The van der Waals surface area contributed by atoms with E-state index in [1.807, 2.05) is 104 Å². The van der Waals surface area contributed by atoms with Crippen molar-refractivity contribution in [3.05, 3.63) is 72.6 Å². The van der Waals surface area contributed by atoms with Gasteiger partial charge in [-0.2, -0.15) is 0 Å². The molecule has 4 rings (SSSR count). The third-order valence-electron chi connectivity index (χ3n) is 8.78. The van der Waals surface area contributed by atoms with Gasteiger partial charge in [-0.1, -0.05) is 104 Å². The molecule has 0 aliphatic heterocycles. The quantitative estimate of drug-likeness (QED) is 0.0623. The number of esters is 2. The molecule has 0 radical (unpaired) electrons. The van der Waals surface area contributed by atoms with E-state index in [1.54, 1.807) is 12.4 Å². The SMILES string of the molecule is CC(C)[C@H](N[C@@H](C(=O)OC(N)=O)C(C)C)c1ncc(-c2cccc(-c3ccccc3)c2-c2cnc([C@@H](N[C@@H](C(=O)OC(N)=O)C(C)C)C(C)C)[nH]2)[nH]1. The number of primary amides is 2. The van der Waals surface area contributed by atoms with Crippen LogP contribution in [0.4, 0.5) is 9.59 Å². The van der Waals surface area contributed by atoms with Crippen molar-refractivity contribution in [1.29, 1.82) is 0 Å². The zero-order chi connectivity index (χ0) is 38.3. The molecule has 14 heteroatoms. The van der Waals surface area contributed by atoms with Crippen LogP contribution < -0.4 is 22.1 Å². The van der Waals surface area contributed by atoms with Crippen LogP contribution in [0.25, 0.3) is 33.6 Å². The first-order valence-electron chi connectivity index (χ1n) is 17.4. The van der Waals surface area contributed by atoms with Crippen LogP contribution >= 0.6 is 0 Å². The Morgan fingerprint density at radius 2 is 1.04 bits per heavy atom. The van der Waals surface area contributed by atoms with Crippen molar-refractivity contribution >= 4 is 24.1 Å². The fraction of sp³-hybridized carbons (Fsp3) is 0.421. The minimum Gasteiger partial charge on any atom is -0.375 e. The summed E-state index contributed by atoms with van der Waals surface area (Å²) in [6.45, 7) is 15.4. The van der Waals surface area contributed by atoms with Crippen LogP contribution in [0.15, 0.2) is 60.9 Å². The summed E-state index contributed by atoms with van der Waals surface area (Å²) in [6, 6.07) is 13.5. The summed E-state index contributed by atoms with van der Waals surface area (Å²) in [5.41, 5.74) is 15.4. The number of imidazole rings is 2. The fourth-order valence-corrected chi connectivity index (χ4v) is 6.13. The third-order valence-corrected chi connectivity index (χ3v) is 8.78. The van der Waals surface area contributed by atoms with Crippen LogP contribution in [0, 0.1) is 23.7 Å². The second-order valence-corrected chi connectivity index (χ2v) is 14.2. The Morgan fingerprint density at radius 1 is 0.596 bits per heavy atom. The molecule has 2 aromatic heterocycles. The van der Waals surface area contributed by atoms with Crippen molar-refractivity contribution in [3.8, 4) is 33.6 Å². The molecule has 0 spiro atoms. The standard InChI is InChI=1S/C38H50N8O6/c1-19(2)29(45-31(21(5)6)35(47)51-37(39)49)33-41-17-26(43-33)25-16-12-15-24(23-13-10-9-11-14-23)28(25)27-18-42-34(44-27)30(20(3)4)46-32(22(7)8)36(48)52-38(40)50/h9-22,29-32,45-46H,1-8H3,(H2,39,49)(H2,40,50)(H,41,43)(H,42,44)/t29-,30-,31+,32+/m0/s1. The lowest BCUT2D eigenvalue weighted by molar-refractivity contribution is -0.142. The normalized spacial score (nSPS) is 14.0. The van der Waals surface area contributed by atoms with Gasteiger partial charge in [-0.05, 0) is 34.8 Å². The van der Waals surface area contributed by atoms with E-state index in [4.69, 9.17) is 30.9 Å². The van der Waals surface area contributed by atoms with Gasteiger partial charge in [0.1, 0.15) is 23.7 Å². The zero-order valence-corrected chi connectivity index (χ0v) is 30.9. The van der Waals surface area contributed by atoms with E-state index in [0.717, 1.165) is 33.6 Å².